The maximum Gasteiger partial charge on any atom is 0.277 e. The van der Waals surface area contributed by atoms with Crippen LogP contribution in [0.15, 0.2) is 53.3 Å². The Kier molecular flexibility index (Phi) is 4.74. The molecule has 2 aromatic heterocycles. The van der Waals surface area contributed by atoms with Crippen molar-refractivity contribution in [2.75, 3.05) is 5.32 Å². The Bertz CT molecular complexity index is 878. The zero-order valence-electron chi connectivity index (χ0n) is 13.7. The molecule has 0 saturated heterocycles. The number of rotatable bonds is 5. The van der Waals surface area contributed by atoms with Gasteiger partial charge in [0.05, 0.1) is 11.8 Å². The smallest absolute Gasteiger partial charge is 0.277 e. The van der Waals surface area contributed by atoms with Crippen LogP contribution in [0.25, 0.3) is 11.3 Å². The molecule has 0 unspecified atom stereocenters. The number of hydrogen-bond donors (Lipinski definition) is 1. The van der Waals surface area contributed by atoms with Crippen molar-refractivity contribution in [1.29, 1.82) is 0 Å². The van der Waals surface area contributed by atoms with Gasteiger partial charge in [0.2, 0.25) is 0 Å². The highest BCUT2D eigenvalue weighted by Crippen LogP contribution is 2.27. The molecule has 0 fully saturated rings. The first kappa shape index (κ1) is 16.6. The van der Waals surface area contributed by atoms with Crippen LogP contribution in [0.5, 0.6) is 5.75 Å². The summed E-state index contributed by atoms with van der Waals surface area (Å²) in [5.74, 6) is -0.224. The summed E-state index contributed by atoms with van der Waals surface area (Å²) in [6, 6.07) is 8.96. The molecule has 0 saturated carbocycles. The number of hydrogen-bond acceptors (Lipinski definition) is 5. The quantitative estimate of drug-likeness (QED) is 0.761. The van der Waals surface area contributed by atoms with Crippen LogP contribution in [0.2, 0.25) is 0 Å². The Morgan fingerprint density at radius 2 is 2.12 bits per heavy atom. The second kappa shape index (κ2) is 7.12. The Hall–Kier alpha value is -3.22. The molecule has 0 bridgehead atoms. The maximum absolute atomic E-state index is 13.5. The number of pyridine rings is 1. The van der Waals surface area contributed by atoms with Crippen molar-refractivity contribution in [2.24, 2.45) is 0 Å². The van der Waals surface area contributed by atoms with Gasteiger partial charge in [-0.05, 0) is 38.1 Å². The second-order valence-corrected chi connectivity index (χ2v) is 5.58. The predicted molar refractivity (Wildman–Crippen MR) is 89.9 cm³/mol. The lowest BCUT2D eigenvalue weighted by Gasteiger charge is -2.14. The summed E-state index contributed by atoms with van der Waals surface area (Å²) in [6.07, 6.45) is 3.11. The first-order valence-electron chi connectivity index (χ1n) is 7.67. The molecular formula is C18H16FN3O3. The molecule has 0 aliphatic rings. The molecule has 0 aliphatic carbocycles. The molecule has 6 nitrogen and oxygen atoms in total. The molecule has 25 heavy (non-hydrogen) atoms. The highest BCUT2D eigenvalue weighted by molar-refractivity contribution is 6.04. The SMILES string of the molecule is CC(C)Oc1ccc(F)cc1NC(=O)c1cc(-c2cccnc2)on1. The van der Waals surface area contributed by atoms with Crippen molar-refractivity contribution in [3.8, 4) is 17.1 Å². The monoisotopic (exact) mass is 341 g/mol. The first-order chi connectivity index (χ1) is 12.0. The molecule has 0 aliphatic heterocycles. The topological polar surface area (TPSA) is 77.2 Å². The number of halogens is 1. The van der Waals surface area contributed by atoms with Crippen LogP contribution in [0, 0.1) is 5.82 Å². The fourth-order valence-electron chi connectivity index (χ4n) is 2.17. The van der Waals surface area contributed by atoms with Gasteiger partial charge >= 0.3 is 0 Å². The minimum atomic E-state index is -0.530. The number of nitrogens with zero attached hydrogens (tertiary/aromatic N) is 2. The van der Waals surface area contributed by atoms with Crippen molar-refractivity contribution in [2.45, 2.75) is 20.0 Å². The van der Waals surface area contributed by atoms with Crippen molar-refractivity contribution >= 4 is 11.6 Å². The van der Waals surface area contributed by atoms with Crippen LogP contribution in [0.1, 0.15) is 24.3 Å². The Morgan fingerprint density at radius 1 is 1.28 bits per heavy atom. The third-order valence-corrected chi connectivity index (χ3v) is 3.24. The summed E-state index contributed by atoms with van der Waals surface area (Å²) in [5, 5.41) is 6.35. The third-order valence-electron chi connectivity index (χ3n) is 3.24. The molecule has 128 valence electrons. The van der Waals surface area contributed by atoms with Crippen LogP contribution >= 0.6 is 0 Å². The lowest BCUT2D eigenvalue weighted by Crippen LogP contribution is -2.15. The molecule has 0 atom stereocenters. The van der Waals surface area contributed by atoms with E-state index >= 15 is 0 Å². The van der Waals surface area contributed by atoms with E-state index in [1.54, 1.807) is 24.5 Å². The van der Waals surface area contributed by atoms with Crippen LogP contribution < -0.4 is 10.1 Å². The first-order valence-corrected chi connectivity index (χ1v) is 7.67. The number of benzene rings is 1. The van der Waals surface area contributed by atoms with Crippen molar-refractivity contribution < 1.29 is 18.4 Å². The van der Waals surface area contributed by atoms with Crippen molar-refractivity contribution in [3.05, 3.63) is 60.3 Å². The molecule has 3 rings (SSSR count). The standard InChI is InChI=1S/C18H16FN3O3/c1-11(2)24-16-6-5-13(19)8-14(16)21-18(23)15-9-17(25-22-15)12-4-3-7-20-10-12/h3-11H,1-2H3,(H,21,23). The molecule has 2 heterocycles. The molecule has 3 aromatic rings. The van der Waals surface area contributed by atoms with Gasteiger partial charge in [-0.1, -0.05) is 5.16 Å². The fraction of sp³-hybridized carbons (Fsp3) is 0.167. The van der Waals surface area contributed by atoms with Crippen molar-refractivity contribution in [3.63, 3.8) is 0 Å². The van der Waals surface area contributed by atoms with E-state index in [1.807, 2.05) is 13.8 Å². The Labute approximate surface area is 143 Å². The number of nitrogens with one attached hydrogen (secondary N) is 1. The number of ether oxygens (including phenoxy) is 1. The van der Waals surface area contributed by atoms with Crippen LogP contribution in [0.3, 0.4) is 0 Å². The van der Waals surface area contributed by atoms with Gasteiger partial charge in [0.25, 0.3) is 5.91 Å². The minimum absolute atomic E-state index is 0.0682. The molecule has 0 spiro atoms. The third kappa shape index (κ3) is 4.00. The highest BCUT2D eigenvalue weighted by Gasteiger charge is 2.17. The number of carbonyl (C=O) groups excluding carboxylic acids is 1. The number of carbonyl (C=O) groups is 1. The fourth-order valence-corrected chi connectivity index (χ4v) is 2.17. The molecule has 1 N–H and O–H groups in total. The number of amides is 1. The second-order valence-electron chi connectivity index (χ2n) is 5.58. The summed E-state index contributed by atoms with van der Waals surface area (Å²) in [5.41, 5.74) is 0.992. The van der Waals surface area contributed by atoms with Gasteiger partial charge in [0, 0.05) is 30.1 Å². The van der Waals surface area contributed by atoms with Crippen LogP contribution in [0.4, 0.5) is 10.1 Å². The zero-order chi connectivity index (χ0) is 17.8. The number of aromatic nitrogens is 2. The summed E-state index contributed by atoms with van der Waals surface area (Å²) in [6.45, 7) is 3.68. The van der Waals surface area contributed by atoms with Gasteiger partial charge in [-0.15, -0.1) is 0 Å². The summed E-state index contributed by atoms with van der Waals surface area (Å²) < 4.78 is 24.3. The summed E-state index contributed by atoms with van der Waals surface area (Å²) in [7, 11) is 0. The van der Waals surface area contributed by atoms with Gasteiger partial charge in [0.1, 0.15) is 11.6 Å². The van der Waals surface area contributed by atoms with Crippen LogP contribution in [-0.4, -0.2) is 22.2 Å². The van der Waals surface area contributed by atoms with E-state index in [4.69, 9.17) is 9.26 Å². The van der Waals surface area contributed by atoms with Gasteiger partial charge in [-0.25, -0.2) is 4.39 Å². The van der Waals surface area contributed by atoms with E-state index < -0.39 is 11.7 Å². The molecule has 1 aromatic carbocycles. The number of anilines is 1. The Morgan fingerprint density at radius 3 is 2.84 bits per heavy atom. The molecule has 1 amide bonds. The minimum Gasteiger partial charge on any atom is -0.489 e. The Balaban J connectivity index is 1.81. The molecular weight excluding hydrogens is 325 g/mol. The van der Waals surface area contributed by atoms with E-state index in [-0.39, 0.29) is 17.5 Å². The van der Waals surface area contributed by atoms with Crippen molar-refractivity contribution in [1.82, 2.24) is 10.1 Å². The predicted octanol–water partition coefficient (Wildman–Crippen LogP) is 3.92. The van der Waals surface area contributed by atoms with E-state index in [1.165, 1.54) is 24.3 Å². The average Bonchev–Trinajstić information content (AvgIpc) is 3.08. The van der Waals surface area contributed by atoms with Gasteiger partial charge in [-0.3, -0.25) is 9.78 Å². The lowest BCUT2D eigenvalue weighted by atomic mass is 10.2. The van der Waals surface area contributed by atoms with E-state index in [9.17, 15) is 9.18 Å². The van der Waals surface area contributed by atoms with E-state index in [2.05, 4.69) is 15.5 Å². The van der Waals surface area contributed by atoms with Gasteiger partial charge in [-0.2, -0.15) is 0 Å². The maximum atomic E-state index is 13.5. The molecule has 0 radical (unpaired) electrons. The highest BCUT2D eigenvalue weighted by atomic mass is 19.1. The lowest BCUT2D eigenvalue weighted by molar-refractivity contribution is 0.101. The largest absolute Gasteiger partial charge is 0.489 e. The normalized spacial score (nSPS) is 10.7. The van der Waals surface area contributed by atoms with Gasteiger partial charge in [0.15, 0.2) is 11.5 Å². The summed E-state index contributed by atoms with van der Waals surface area (Å²) >= 11 is 0. The average molecular weight is 341 g/mol. The summed E-state index contributed by atoms with van der Waals surface area (Å²) in [4.78, 5) is 16.4. The van der Waals surface area contributed by atoms with E-state index in [0.29, 0.717) is 17.1 Å². The van der Waals surface area contributed by atoms with E-state index in [0.717, 1.165) is 0 Å². The van der Waals surface area contributed by atoms with Crippen LogP contribution in [-0.2, 0) is 0 Å². The molecule has 7 heteroatoms. The van der Waals surface area contributed by atoms with Gasteiger partial charge < -0.3 is 14.6 Å². The zero-order valence-corrected chi connectivity index (χ0v) is 13.7.